The van der Waals surface area contributed by atoms with Crippen molar-refractivity contribution in [3.8, 4) is 0 Å². The van der Waals surface area contributed by atoms with Gasteiger partial charge in [-0.2, -0.15) is 13.2 Å². The molecule has 1 aromatic heterocycles. The number of rotatable bonds is 2. The van der Waals surface area contributed by atoms with E-state index in [0.29, 0.717) is 4.70 Å². The topological polar surface area (TPSA) is 65.1 Å². The minimum atomic E-state index is -4.50. The number of alkyl halides is 3. The molecule has 0 aliphatic carbocycles. The van der Waals surface area contributed by atoms with Gasteiger partial charge < -0.3 is 5.73 Å². The van der Waals surface area contributed by atoms with Gasteiger partial charge in [0.2, 0.25) is 5.91 Å². The van der Waals surface area contributed by atoms with Crippen LogP contribution in [0.4, 0.5) is 13.2 Å². The van der Waals surface area contributed by atoms with Crippen LogP contribution in [0.3, 0.4) is 0 Å². The van der Waals surface area contributed by atoms with Gasteiger partial charge in [-0.1, -0.05) is 11.3 Å². The molecule has 0 spiro atoms. The minimum absolute atomic E-state index is 0.0682. The maximum Gasteiger partial charge on any atom is 0.416 e. The molecule has 2 aromatic rings. The van der Waals surface area contributed by atoms with Gasteiger partial charge in [0.15, 0.2) is 0 Å². The van der Waals surface area contributed by atoms with Gasteiger partial charge in [-0.25, -0.2) is 0 Å². The number of thiazole rings is 1. The number of carbonyl (C=O) groups excluding carboxylic acids is 1. The third kappa shape index (κ3) is 2.23. The van der Waals surface area contributed by atoms with Crippen LogP contribution in [0.5, 0.6) is 0 Å². The lowest BCUT2D eigenvalue weighted by molar-refractivity contribution is -0.137. The third-order valence-electron chi connectivity index (χ3n) is 2.31. The van der Waals surface area contributed by atoms with Crippen molar-refractivity contribution in [2.24, 2.45) is 5.73 Å². The van der Waals surface area contributed by atoms with Crippen molar-refractivity contribution in [2.75, 3.05) is 0 Å². The molecule has 0 aliphatic rings. The normalized spacial score (nSPS) is 11.9. The minimum Gasteiger partial charge on any atom is -0.368 e. The summed E-state index contributed by atoms with van der Waals surface area (Å²) in [7, 11) is 0. The van der Waals surface area contributed by atoms with Crippen molar-refractivity contribution in [1.29, 1.82) is 0 Å². The highest BCUT2D eigenvalue weighted by atomic mass is 32.1. The summed E-state index contributed by atoms with van der Waals surface area (Å²) >= 11 is 0.772. The van der Waals surface area contributed by atoms with Gasteiger partial charge >= 0.3 is 11.0 Å². The Hall–Kier alpha value is -1.83. The summed E-state index contributed by atoms with van der Waals surface area (Å²) in [5.41, 5.74) is 4.15. The van der Waals surface area contributed by atoms with Crippen molar-refractivity contribution in [1.82, 2.24) is 4.57 Å². The van der Waals surface area contributed by atoms with E-state index < -0.39 is 29.1 Å². The predicted molar refractivity (Wildman–Crippen MR) is 60.3 cm³/mol. The molecule has 0 radical (unpaired) electrons. The zero-order chi connectivity index (χ0) is 13.5. The van der Waals surface area contributed by atoms with E-state index in [1.54, 1.807) is 0 Å². The zero-order valence-corrected chi connectivity index (χ0v) is 9.64. The number of hydrogen-bond acceptors (Lipinski definition) is 3. The molecule has 2 rings (SSSR count). The Kier molecular flexibility index (Phi) is 2.89. The molecule has 1 amide bonds. The lowest BCUT2D eigenvalue weighted by Crippen LogP contribution is -2.24. The Morgan fingerprint density at radius 2 is 2.06 bits per heavy atom. The molecule has 0 saturated heterocycles. The smallest absolute Gasteiger partial charge is 0.368 e. The Morgan fingerprint density at radius 1 is 1.39 bits per heavy atom. The molecule has 4 nitrogen and oxygen atoms in total. The van der Waals surface area contributed by atoms with E-state index in [9.17, 15) is 22.8 Å². The number of nitrogens with zero attached hydrogens (tertiary/aromatic N) is 1. The van der Waals surface area contributed by atoms with Gasteiger partial charge in [0.05, 0.1) is 15.8 Å². The number of amides is 1. The average Bonchev–Trinajstić information content (AvgIpc) is 2.53. The summed E-state index contributed by atoms with van der Waals surface area (Å²) in [6, 6.07) is 2.95. The van der Waals surface area contributed by atoms with E-state index in [-0.39, 0.29) is 5.52 Å². The van der Waals surface area contributed by atoms with Crippen LogP contribution in [0, 0.1) is 0 Å². The van der Waals surface area contributed by atoms with E-state index in [1.165, 1.54) is 6.07 Å². The second kappa shape index (κ2) is 4.13. The Bertz CT molecular complexity index is 672. The molecule has 0 bridgehead atoms. The third-order valence-corrected chi connectivity index (χ3v) is 3.27. The Morgan fingerprint density at radius 3 is 2.61 bits per heavy atom. The number of primary amides is 1. The van der Waals surface area contributed by atoms with E-state index in [4.69, 9.17) is 5.73 Å². The SMILES string of the molecule is NC(=O)Cn1c(=O)sc2ccc(C(F)(F)F)cc21. The first kappa shape index (κ1) is 12.6. The van der Waals surface area contributed by atoms with Gasteiger partial charge in [-0.15, -0.1) is 0 Å². The average molecular weight is 276 g/mol. The van der Waals surface area contributed by atoms with Crippen LogP contribution in [-0.4, -0.2) is 10.5 Å². The van der Waals surface area contributed by atoms with Gasteiger partial charge in [-0.3, -0.25) is 14.2 Å². The molecule has 0 unspecified atom stereocenters. The fourth-order valence-corrected chi connectivity index (χ4v) is 2.42. The van der Waals surface area contributed by atoms with Crippen molar-refractivity contribution in [2.45, 2.75) is 12.7 Å². The molecule has 1 aromatic carbocycles. The molecule has 8 heteroatoms. The van der Waals surface area contributed by atoms with Crippen LogP contribution in [0.2, 0.25) is 0 Å². The summed E-state index contributed by atoms with van der Waals surface area (Å²) in [6.45, 7) is -0.430. The molecule has 0 saturated carbocycles. The highest BCUT2D eigenvalue weighted by Crippen LogP contribution is 2.31. The Balaban J connectivity index is 2.67. The van der Waals surface area contributed by atoms with Crippen LogP contribution in [-0.2, 0) is 17.5 Å². The zero-order valence-electron chi connectivity index (χ0n) is 8.82. The van der Waals surface area contributed by atoms with Crippen molar-refractivity contribution < 1.29 is 18.0 Å². The van der Waals surface area contributed by atoms with E-state index >= 15 is 0 Å². The molecular formula is C10H7F3N2O2S. The number of halogens is 3. The van der Waals surface area contributed by atoms with E-state index in [1.807, 2.05) is 0 Å². The summed E-state index contributed by atoms with van der Waals surface area (Å²) < 4.78 is 38.9. The number of fused-ring (bicyclic) bond motifs is 1. The van der Waals surface area contributed by atoms with Gasteiger partial charge in [0.25, 0.3) is 0 Å². The molecule has 0 aliphatic heterocycles. The second-order valence-corrected chi connectivity index (χ2v) is 4.59. The van der Waals surface area contributed by atoms with Crippen LogP contribution < -0.4 is 10.6 Å². The van der Waals surface area contributed by atoms with Crippen molar-refractivity contribution >= 4 is 27.5 Å². The molecule has 18 heavy (non-hydrogen) atoms. The summed E-state index contributed by atoms with van der Waals surface area (Å²) in [5.74, 6) is -0.783. The number of benzene rings is 1. The maximum atomic E-state index is 12.5. The van der Waals surface area contributed by atoms with Crippen LogP contribution in [0.25, 0.3) is 10.2 Å². The first-order valence-electron chi connectivity index (χ1n) is 4.78. The number of aromatic nitrogens is 1. The van der Waals surface area contributed by atoms with Crippen LogP contribution in [0.15, 0.2) is 23.0 Å². The number of nitrogens with two attached hydrogens (primary N) is 1. The maximum absolute atomic E-state index is 12.5. The molecule has 1 heterocycles. The summed E-state index contributed by atoms with van der Waals surface area (Å²) in [5, 5.41) is 0. The molecule has 2 N–H and O–H groups in total. The number of carbonyl (C=O) groups is 1. The number of hydrogen-bond donors (Lipinski definition) is 1. The molecule has 96 valence electrons. The lowest BCUT2D eigenvalue weighted by Gasteiger charge is -2.07. The molecular weight excluding hydrogens is 269 g/mol. The lowest BCUT2D eigenvalue weighted by atomic mass is 10.2. The largest absolute Gasteiger partial charge is 0.416 e. The highest BCUT2D eigenvalue weighted by Gasteiger charge is 2.31. The first-order chi connectivity index (χ1) is 8.29. The first-order valence-corrected chi connectivity index (χ1v) is 5.59. The predicted octanol–water partition coefficient (Wildman–Crippen LogP) is 1.57. The summed E-state index contributed by atoms with van der Waals surface area (Å²) in [4.78, 5) is 21.8. The van der Waals surface area contributed by atoms with E-state index in [0.717, 1.165) is 28.0 Å². The van der Waals surface area contributed by atoms with Gasteiger partial charge in [-0.05, 0) is 18.2 Å². The van der Waals surface area contributed by atoms with Gasteiger partial charge in [0, 0.05) is 0 Å². The fourth-order valence-electron chi connectivity index (χ4n) is 1.54. The van der Waals surface area contributed by atoms with Gasteiger partial charge in [0.1, 0.15) is 6.54 Å². The Labute approximate surface area is 102 Å². The standard InChI is InChI=1S/C10H7F3N2O2S/c11-10(12,13)5-1-2-7-6(3-5)15(4-8(14)16)9(17)18-7/h1-3H,4H2,(H2,14,16). The van der Waals surface area contributed by atoms with Crippen LogP contribution >= 0.6 is 11.3 Å². The summed E-state index contributed by atoms with van der Waals surface area (Å²) in [6.07, 6.45) is -4.50. The van der Waals surface area contributed by atoms with E-state index in [2.05, 4.69) is 0 Å². The quantitative estimate of drug-likeness (QED) is 0.904. The highest BCUT2D eigenvalue weighted by molar-refractivity contribution is 7.16. The fraction of sp³-hybridized carbons (Fsp3) is 0.200. The molecule has 0 atom stereocenters. The van der Waals surface area contributed by atoms with Crippen molar-refractivity contribution in [3.05, 3.63) is 33.4 Å². The second-order valence-electron chi connectivity index (χ2n) is 3.60. The monoisotopic (exact) mass is 276 g/mol. The molecule has 0 fully saturated rings. The van der Waals surface area contributed by atoms with Crippen molar-refractivity contribution in [3.63, 3.8) is 0 Å². The van der Waals surface area contributed by atoms with Crippen LogP contribution in [0.1, 0.15) is 5.56 Å².